The van der Waals surface area contributed by atoms with Gasteiger partial charge in [0.2, 0.25) is 23.6 Å². The number of H-pyrrole nitrogens is 1. The number of fused-ring (bicyclic) bond motifs is 1. The number of hydrogen-bond acceptors (Lipinski definition) is 7. The van der Waals surface area contributed by atoms with E-state index in [0.717, 1.165) is 16.5 Å². The molecule has 0 radical (unpaired) electrons. The van der Waals surface area contributed by atoms with E-state index in [1.165, 1.54) is 6.92 Å². The number of para-hydroxylation sites is 1. The fraction of sp³-hybridized carbons (Fsp3) is 0.409. The molecule has 0 bridgehead atoms. The fourth-order valence-electron chi connectivity index (χ4n) is 3.37. The van der Waals surface area contributed by atoms with Crippen LogP contribution in [0, 0.1) is 0 Å². The van der Waals surface area contributed by atoms with Gasteiger partial charge in [0.05, 0.1) is 18.7 Å². The molecule has 0 fully saturated rings. The number of hydrogen-bond donors (Lipinski definition) is 8. The number of nitrogens with two attached hydrogens (primary N) is 2. The predicted molar refractivity (Wildman–Crippen MR) is 125 cm³/mol. The summed E-state index contributed by atoms with van der Waals surface area (Å²) >= 11 is 0. The number of amides is 4. The smallest absolute Gasteiger partial charge is 0.328 e. The summed E-state index contributed by atoms with van der Waals surface area (Å²) in [6.45, 7) is 0.562. The average molecular weight is 491 g/mol. The zero-order valence-electron chi connectivity index (χ0n) is 19.1. The van der Waals surface area contributed by atoms with Gasteiger partial charge in [0.1, 0.15) is 6.04 Å². The Morgan fingerprint density at radius 2 is 1.77 bits per heavy atom. The molecule has 13 nitrogen and oxygen atoms in total. The molecule has 2 rings (SSSR count). The maximum absolute atomic E-state index is 12.7. The number of primary amides is 1. The van der Waals surface area contributed by atoms with Gasteiger partial charge in [0, 0.05) is 23.5 Å². The van der Waals surface area contributed by atoms with E-state index >= 15 is 0 Å². The zero-order chi connectivity index (χ0) is 26.1. The SMILES string of the molecule is CC(O)C(NC(=O)CNC(=O)C(CCC(N)=O)NC(=O)C(N)Cc1c[nH]c2ccccc12)C(=O)O. The van der Waals surface area contributed by atoms with Crippen molar-refractivity contribution >= 4 is 40.5 Å². The normalized spacial score (nSPS) is 14.4. The topological polar surface area (TPSA) is 230 Å². The fourth-order valence-corrected chi connectivity index (χ4v) is 3.37. The molecule has 0 saturated heterocycles. The van der Waals surface area contributed by atoms with Gasteiger partial charge in [-0.1, -0.05) is 18.2 Å². The van der Waals surface area contributed by atoms with Gasteiger partial charge in [-0.05, 0) is 31.4 Å². The summed E-state index contributed by atoms with van der Waals surface area (Å²) in [6, 6.07) is 3.69. The molecule has 190 valence electrons. The Balaban J connectivity index is 1.99. The van der Waals surface area contributed by atoms with E-state index in [1.54, 1.807) is 6.20 Å². The summed E-state index contributed by atoms with van der Waals surface area (Å²) in [4.78, 5) is 62.6. The predicted octanol–water partition coefficient (Wildman–Crippen LogP) is -2.15. The number of aliphatic hydroxyl groups excluding tert-OH is 1. The van der Waals surface area contributed by atoms with E-state index in [1.807, 2.05) is 24.3 Å². The second kappa shape index (κ2) is 12.5. The highest BCUT2D eigenvalue weighted by Gasteiger charge is 2.27. The van der Waals surface area contributed by atoms with Crippen molar-refractivity contribution < 1.29 is 34.2 Å². The molecule has 0 aliphatic heterocycles. The maximum atomic E-state index is 12.7. The molecule has 35 heavy (non-hydrogen) atoms. The molecule has 4 atom stereocenters. The molecule has 0 aliphatic rings. The quantitative estimate of drug-likeness (QED) is 0.154. The molecule has 0 saturated carbocycles. The number of nitrogens with one attached hydrogen (secondary N) is 4. The van der Waals surface area contributed by atoms with Gasteiger partial charge in [-0.3, -0.25) is 19.2 Å². The third kappa shape index (κ3) is 8.08. The Morgan fingerprint density at radius 1 is 1.09 bits per heavy atom. The van der Waals surface area contributed by atoms with Crippen LogP contribution in [0.5, 0.6) is 0 Å². The van der Waals surface area contributed by atoms with Gasteiger partial charge in [-0.2, -0.15) is 0 Å². The molecule has 4 amide bonds. The Kier molecular flexibility index (Phi) is 9.73. The van der Waals surface area contributed by atoms with Crippen molar-refractivity contribution in [2.45, 2.75) is 50.4 Å². The van der Waals surface area contributed by atoms with E-state index in [0.29, 0.717) is 0 Å². The summed E-state index contributed by atoms with van der Waals surface area (Å²) in [5, 5.41) is 26.2. The number of carboxylic acid groups (broad SMARTS) is 1. The monoisotopic (exact) mass is 490 g/mol. The maximum Gasteiger partial charge on any atom is 0.328 e. The lowest BCUT2D eigenvalue weighted by molar-refractivity contribution is -0.144. The van der Waals surface area contributed by atoms with Gasteiger partial charge in [0.15, 0.2) is 6.04 Å². The molecule has 13 heteroatoms. The van der Waals surface area contributed by atoms with Crippen molar-refractivity contribution in [3.63, 3.8) is 0 Å². The molecule has 1 heterocycles. The molecule has 0 aliphatic carbocycles. The van der Waals surface area contributed by atoms with Crippen molar-refractivity contribution in [3.8, 4) is 0 Å². The molecule has 1 aromatic heterocycles. The highest BCUT2D eigenvalue weighted by molar-refractivity contribution is 5.93. The van der Waals surface area contributed by atoms with Gasteiger partial charge in [-0.15, -0.1) is 0 Å². The number of carbonyl (C=O) groups is 5. The number of rotatable bonds is 13. The first-order valence-corrected chi connectivity index (χ1v) is 10.9. The first kappa shape index (κ1) is 27.3. The number of aliphatic carboxylic acids is 1. The summed E-state index contributed by atoms with van der Waals surface area (Å²) in [5.41, 5.74) is 12.9. The molecule has 1 aromatic carbocycles. The van der Waals surface area contributed by atoms with Crippen LogP contribution in [0.15, 0.2) is 30.5 Å². The van der Waals surface area contributed by atoms with Gasteiger partial charge in [0.25, 0.3) is 0 Å². The van der Waals surface area contributed by atoms with Gasteiger partial charge < -0.3 is 42.6 Å². The first-order chi connectivity index (χ1) is 16.5. The number of carboxylic acids is 1. The van der Waals surface area contributed by atoms with Gasteiger partial charge in [-0.25, -0.2) is 4.79 Å². The minimum Gasteiger partial charge on any atom is -0.480 e. The largest absolute Gasteiger partial charge is 0.480 e. The summed E-state index contributed by atoms with van der Waals surface area (Å²) in [6.07, 6.45) is 0.197. The number of carbonyl (C=O) groups excluding carboxylic acids is 4. The van der Waals surface area contributed by atoms with Crippen LogP contribution in [0.1, 0.15) is 25.3 Å². The van der Waals surface area contributed by atoms with E-state index in [2.05, 4.69) is 20.9 Å². The van der Waals surface area contributed by atoms with E-state index in [9.17, 15) is 29.1 Å². The minimum absolute atomic E-state index is 0.139. The summed E-state index contributed by atoms with van der Waals surface area (Å²) in [5.74, 6) is -4.46. The molecular formula is C22H30N6O7. The van der Waals surface area contributed by atoms with Crippen LogP contribution >= 0.6 is 0 Å². The van der Waals surface area contributed by atoms with Crippen LogP contribution in [-0.4, -0.2) is 75.6 Å². The summed E-state index contributed by atoms with van der Waals surface area (Å²) < 4.78 is 0. The number of benzene rings is 1. The number of aromatic nitrogens is 1. The highest BCUT2D eigenvalue weighted by atomic mass is 16.4. The Morgan fingerprint density at radius 3 is 2.40 bits per heavy atom. The molecule has 0 spiro atoms. The van der Waals surface area contributed by atoms with E-state index in [4.69, 9.17) is 16.6 Å². The second-order valence-corrected chi connectivity index (χ2v) is 8.08. The van der Waals surface area contributed by atoms with Crippen LogP contribution in [0.3, 0.4) is 0 Å². The third-order valence-electron chi connectivity index (χ3n) is 5.25. The average Bonchev–Trinajstić information content (AvgIpc) is 3.20. The van der Waals surface area contributed by atoms with E-state index < -0.39 is 60.4 Å². The second-order valence-electron chi connectivity index (χ2n) is 8.08. The Bertz CT molecular complexity index is 1080. The Labute approximate surface area is 200 Å². The highest BCUT2D eigenvalue weighted by Crippen LogP contribution is 2.18. The van der Waals surface area contributed by atoms with Crippen LogP contribution in [0.2, 0.25) is 0 Å². The van der Waals surface area contributed by atoms with Crippen molar-refractivity contribution in [2.24, 2.45) is 11.5 Å². The zero-order valence-corrected chi connectivity index (χ0v) is 19.1. The van der Waals surface area contributed by atoms with Crippen molar-refractivity contribution in [1.29, 1.82) is 0 Å². The van der Waals surface area contributed by atoms with Crippen LogP contribution < -0.4 is 27.4 Å². The number of aliphatic hydroxyl groups is 1. The third-order valence-corrected chi connectivity index (χ3v) is 5.25. The van der Waals surface area contributed by atoms with Gasteiger partial charge >= 0.3 is 5.97 Å². The number of aromatic amines is 1. The lowest BCUT2D eigenvalue weighted by atomic mass is 10.0. The Hall–Kier alpha value is -3.97. The lowest BCUT2D eigenvalue weighted by Crippen LogP contribution is -2.54. The van der Waals surface area contributed by atoms with Crippen LogP contribution in [-0.2, 0) is 30.4 Å². The molecule has 4 unspecified atom stereocenters. The summed E-state index contributed by atoms with van der Waals surface area (Å²) in [7, 11) is 0. The first-order valence-electron chi connectivity index (χ1n) is 10.9. The molecule has 2 aromatic rings. The standard InChI is InChI=1S/C22H30N6O7/c1-11(29)19(22(34)35)28-18(31)10-26-21(33)16(6-7-17(24)30)27-20(32)14(23)8-12-9-25-15-5-3-2-4-13(12)15/h2-5,9,11,14,16,19,25,29H,6-8,10,23H2,1H3,(H2,24,30)(H,26,33)(H,27,32)(H,28,31)(H,34,35). The van der Waals surface area contributed by atoms with Crippen molar-refractivity contribution in [2.75, 3.05) is 6.54 Å². The van der Waals surface area contributed by atoms with Crippen LogP contribution in [0.4, 0.5) is 0 Å². The van der Waals surface area contributed by atoms with Crippen molar-refractivity contribution in [1.82, 2.24) is 20.9 Å². The van der Waals surface area contributed by atoms with Crippen molar-refractivity contribution in [3.05, 3.63) is 36.0 Å². The molecular weight excluding hydrogens is 460 g/mol. The van der Waals surface area contributed by atoms with E-state index in [-0.39, 0.29) is 19.3 Å². The lowest BCUT2D eigenvalue weighted by Gasteiger charge is -2.21. The molecule has 10 N–H and O–H groups in total. The van der Waals surface area contributed by atoms with Crippen LogP contribution in [0.25, 0.3) is 10.9 Å². The minimum atomic E-state index is -1.56.